The van der Waals surface area contributed by atoms with Gasteiger partial charge in [-0.25, -0.2) is 13.1 Å². The van der Waals surface area contributed by atoms with Crippen LogP contribution < -0.4 is 10.0 Å². The topological polar surface area (TPSA) is 101 Å². The van der Waals surface area contributed by atoms with E-state index in [1.165, 1.54) is 0 Å². The van der Waals surface area contributed by atoms with Gasteiger partial charge in [-0.15, -0.1) is 10.2 Å². The van der Waals surface area contributed by atoms with Crippen molar-refractivity contribution in [1.82, 2.24) is 14.9 Å². The van der Waals surface area contributed by atoms with E-state index in [4.69, 9.17) is 0 Å². The SMILES string of the molecule is Cc1ccc([C@H](C)NS(=O)(=O)c2nnc(NC(=O)c3ccccc3C)s2)cc1. The number of benzene rings is 2. The molecule has 3 rings (SSSR count). The lowest BCUT2D eigenvalue weighted by Gasteiger charge is -2.13. The first kappa shape index (κ1) is 20.1. The zero-order valence-electron chi connectivity index (χ0n) is 15.6. The van der Waals surface area contributed by atoms with E-state index in [2.05, 4.69) is 20.2 Å². The van der Waals surface area contributed by atoms with Crippen LogP contribution in [-0.4, -0.2) is 24.5 Å². The maximum Gasteiger partial charge on any atom is 0.270 e. The Morgan fingerprint density at radius 3 is 2.39 bits per heavy atom. The van der Waals surface area contributed by atoms with E-state index in [1.54, 1.807) is 19.1 Å². The summed E-state index contributed by atoms with van der Waals surface area (Å²) in [6.45, 7) is 5.54. The molecule has 9 heteroatoms. The first-order chi connectivity index (χ1) is 13.3. The van der Waals surface area contributed by atoms with Crippen LogP contribution in [0.4, 0.5) is 5.13 Å². The fraction of sp³-hybridized carbons (Fsp3) is 0.211. The van der Waals surface area contributed by atoms with Gasteiger partial charge >= 0.3 is 0 Å². The minimum Gasteiger partial charge on any atom is -0.296 e. The largest absolute Gasteiger partial charge is 0.296 e. The van der Waals surface area contributed by atoms with Crippen LogP contribution in [0.5, 0.6) is 0 Å². The van der Waals surface area contributed by atoms with E-state index in [0.717, 1.165) is 28.0 Å². The third kappa shape index (κ3) is 4.61. The summed E-state index contributed by atoms with van der Waals surface area (Å²) in [5.41, 5.74) is 3.24. The molecule has 7 nitrogen and oxygen atoms in total. The molecule has 0 aliphatic carbocycles. The Labute approximate surface area is 167 Å². The minimum absolute atomic E-state index is 0.122. The van der Waals surface area contributed by atoms with Crippen LogP contribution in [0, 0.1) is 13.8 Å². The van der Waals surface area contributed by atoms with Gasteiger partial charge in [0.15, 0.2) is 0 Å². The molecule has 28 heavy (non-hydrogen) atoms. The first-order valence-corrected chi connectivity index (χ1v) is 10.9. The van der Waals surface area contributed by atoms with E-state index < -0.39 is 16.1 Å². The number of nitrogens with zero attached hydrogens (tertiary/aromatic N) is 2. The average molecular weight is 417 g/mol. The van der Waals surface area contributed by atoms with E-state index in [0.29, 0.717) is 5.56 Å². The monoisotopic (exact) mass is 416 g/mol. The van der Waals surface area contributed by atoms with Crippen molar-refractivity contribution in [3.05, 3.63) is 70.8 Å². The van der Waals surface area contributed by atoms with Gasteiger partial charge in [-0.1, -0.05) is 59.4 Å². The van der Waals surface area contributed by atoms with Gasteiger partial charge in [0, 0.05) is 11.6 Å². The van der Waals surface area contributed by atoms with E-state index in [9.17, 15) is 13.2 Å². The van der Waals surface area contributed by atoms with Gasteiger partial charge in [-0.2, -0.15) is 0 Å². The quantitative estimate of drug-likeness (QED) is 0.600. The van der Waals surface area contributed by atoms with E-state index >= 15 is 0 Å². The molecule has 1 atom stereocenters. The van der Waals surface area contributed by atoms with Crippen LogP contribution in [0.3, 0.4) is 0 Å². The number of aromatic nitrogens is 2. The van der Waals surface area contributed by atoms with Crippen molar-refractivity contribution in [3.63, 3.8) is 0 Å². The van der Waals surface area contributed by atoms with Gasteiger partial charge in [-0.3, -0.25) is 10.1 Å². The van der Waals surface area contributed by atoms with Gasteiger partial charge in [0.05, 0.1) is 0 Å². The number of carbonyl (C=O) groups excluding carboxylic acids is 1. The van der Waals surface area contributed by atoms with Crippen LogP contribution in [0.1, 0.15) is 40.0 Å². The van der Waals surface area contributed by atoms with Crippen LogP contribution in [-0.2, 0) is 10.0 Å². The van der Waals surface area contributed by atoms with Crippen LogP contribution >= 0.6 is 11.3 Å². The second-order valence-electron chi connectivity index (χ2n) is 6.40. The van der Waals surface area contributed by atoms with Crippen molar-refractivity contribution < 1.29 is 13.2 Å². The number of aryl methyl sites for hydroxylation is 2. The van der Waals surface area contributed by atoms with Crippen molar-refractivity contribution in [2.75, 3.05) is 5.32 Å². The fourth-order valence-electron chi connectivity index (χ4n) is 2.57. The molecule has 2 aromatic carbocycles. The highest BCUT2D eigenvalue weighted by molar-refractivity contribution is 7.91. The number of anilines is 1. The Bertz CT molecular complexity index is 1090. The number of rotatable bonds is 6. The summed E-state index contributed by atoms with van der Waals surface area (Å²) >= 11 is 0.804. The third-order valence-electron chi connectivity index (χ3n) is 4.16. The zero-order valence-corrected chi connectivity index (χ0v) is 17.3. The van der Waals surface area contributed by atoms with Gasteiger partial charge in [-0.05, 0) is 38.0 Å². The smallest absolute Gasteiger partial charge is 0.270 e. The average Bonchev–Trinajstić information content (AvgIpc) is 3.11. The molecule has 0 saturated carbocycles. The second kappa shape index (κ2) is 8.17. The van der Waals surface area contributed by atoms with Crippen LogP contribution in [0.25, 0.3) is 0 Å². The molecule has 0 aliphatic rings. The Kier molecular flexibility index (Phi) is 5.87. The Balaban J connectivity index is 1.72. The normalized spacial score (nSPS) is 12.5. The number of hydrogen-bond donors (Lipinski definition) is 2. The molecule has 2 N–H and O–H groups in total. The number of carbonyl (C=O) groups is 1. The number of hydrogen-bond acceptors (Lipinski definition) is 6. The first-order valence-electron chi connectivity index (χ1n) is 8.55. The van der Waals surface area contributed by atoms with Gasteiger partial charge in [0.1, 0.15) is 0 Å². The van der Waals surface area contributed by atoms with Crippen molar-refractivity contribution >= 4 is 32.4 Å². The van der Waals surface area contributed by atoms with Crippen LogP contribution in [0.2, 0.25) is 0 Å². The summed E-state index contributed by atoms with van der Waals surface area (Å²) in [7, 11) is -3.86. The maximum absolute atomic E-state index is 12.6. The predicted molar refractivity (Wildman–Crippen MR) is 109 cm³/mol. The summed E-state index contributed by atoms with van der Waals surface area (Å²) in [5.74, 6) is -0.362. The second-order valence-corrected chi connectivity index (χ2v) is 9.26. The lowest BCUT2D eigenvalue weighted by molar-refractivity contribution is 0.102. The molecule has 0 fully saturated rings. The maximum atomic E-state index is 12.6. The Hall–Kier alpha value is -2.62. The molecule has 1 amide bonds. The molecule has 0 aliphatic heterocycles. The lowest BCUT2D eigenvalue weighted by Crippen LogP contribution is -2.26. The van der Waals surface area contributed by atoms with E-state index in [1.807, 2.05) is 50.2 Å². The standard InChI is InChI=1S/C19H20N4O3S2/c1-12-8-10-15(11-9-12)14(3)23-28(25,26)19-22-21-18(27-19)20-17(24)16-7-5-4-6-13(16)2/h4-11,14,23H,1-3H3,(H,20,21,24)/t14-/m0/s1. The van der Waals surface area contributed by atoms with Crippen molar-refractivity contribution in [1.29, 1.82) is 0 Å². The van der Waals surface area contributed by atoms with Crippen molar-refractivity contribution in [3.8, 4) is 0 Å². The zero-order chi connectivity index (χ0) is 20.3. The van der Waals surface area contributed by atoms with Crippen LogP contribution in [0.15, 0.2) is 52.9 Å². The predicted octanol–water partition coefficient (Wildman–Crippen LogP) is 3.45. The number of amides is 1. The minimum atomic E-state index is -3.86. The summed E-state index contributed by atoms with van der Waals surface area (Å²) in [5, 5.41) is 10.2. The molecule has 0 spiro atoms. The summed E-state index contributed by atoms with van der Waals surface area (Å²) in [6, 6.07) is 14.3. The third-order valence-corrected chi connectivity index (χ3v) is 6.90. The molecule has 0 bridgehead atoms. The van der Waals surface area contributed by atoms with E-state index in [-0.39, 0.29) is 15.4 Å². The molecule has 0 unspecified atom stereocenters. The molecule has 1 aromatic heterocycles. The summed E-state index contributed by atoms with van der Waals surface area (Å²) < 4.78 is 27.6. The Morgan fingerprint density at radius 1 is 1.04 bits per heavy atom. The molecule has 1 heterocycles. The van der Waals surface area contributed by atoms with Gasteiger partial charge in [0.25, 0.3) is 15.9 Å². The highest BCUT2D eigenvalue weighted by atomic mass is 32.2. The molecule has 0 saturated heterocycles. The molecule has 3 aromatic rings. The number of sulfonamides is 1. The van der Waals surface area contributed by atoms with Crippen molar-refractivity contribution in [2.24, 2.45) is 0 Å². The number of nitrogens with one attached hydrogen (secondary N) is 2. The summed E-state index contributed by atoms with van der Waals surface area (Å²) in [4.78, 5) is 12.3. The molecule has 146 valence electrons. The molecular weight excluding hydrogens is 396 g/mol. The van der Waals surface area contributed by atoms with Crippen molar-refractivity contribution in [2.45, 2.75) is 31.2 Å². The van der Waals surface area contributed by atoms with Gasteiger partial charge < -0.3 is 0 Å². The highest BCUT2D eigenvalue weighted by Crippen LogP contribution is 2.23. The lowest BCUT2D eigenvalue weighted by atomic mass is 10.1. The fourth-order valence-corrected chi connectivity index (χ4v) is 4.71. The molecular formula is C19H20N4O3S2. The highest BCUT2D eigenvalue weighted by Gasteiger charge is 2.24. The molecule has 0 radical (unpaired) electrons. The Morgan fingerprint density at radius 2 is 1.71 bits per heavy atom. The summed E-state index contributed by atoms with van der Waals surface area (Å²) in [6.07, 6.45) is 0. The van der Waals surface area contributed by atoms with Gasteiger partial charge in [0.2, 0.25) is 9.47 Å².